The fourth-order valence-electron chi connectivity index (χ4n) is 8.65. The Morgan fingerprint density at radius 2 is 0.985 bits per heavy atom. The number of rotatable bonds is 47. The largest absolute Gasteiger partial charge is 0.397 e. The number of carbonyl (C=O) groups excluding carboxylic acids is 1. The summed E-state index contributed by atoms with van der Waals surface area (Å²) in [4.78, 5) is 13.2. The molecular formula is C54H101NO12S. The van der Waals surface area contributed by atoms with E-state index in [1.54, 1.807) is 6.08 Å². The van der Waals surface area contributed by atoms with Crippen LogP contribution >= 0.6 is 0 Å². The highest BCUT2D eigenvalue weighted by Crippen LogP contribution is 2.26. The molecule has 14 heteroatoms. The molecule has 1 aliphatic rings. The molecule has 1 saturated heterocycles. The van der Waals surface area contributed by atoms with Crippen molar-refractivity contribution in [2.75, 3.05) is 13.2 Å². The molecule has 0 saturated carbocycles. The van der Waals surface area contributed by atoms with E-state index in [1.165, 1.54) is 147 Å². The molecule has 1 heterocycles. The van der Waals surface area contributed by atoms with Crippen molar-refractivity contribution in [1.82, 2.24) is 5.32 Å². The Morgan fingerprint density at radius 3 is 1.41 bits per heavy atom. The van der Waals surface area contributed by atoms with E-state index in [-0.39, 0.29) is 6.42 Å². The van der Waals surface area contributed by atoms with Gasteiger partial charge < -0.3 is 40.3 Å². The van der Waals surface area contributed by atoms with Crippen molar-refractivity contribution in [3.63, 3.8) is 0 Å². The molecule has 68 heavy (non-hydrogen) atoms. The number of ether oxygens (including phenoxy) is 2. The maximum Gasteiger partial charge on any atom is 0.397 e. The molecule has 1 rings (SSSR count). The summed E-state index contributed by atoms with van der Waals surface area (Å²) < 4.78 is 47.7. The summed E-state index contributed by atoms with van der Waals surface area (Å²) in [5.74, 6) is -0.715. The summed E-state index contributed by atoms with van der Waals surface area (Å²) >= 11 is 0. The van der Waals surface area contributed by atoms with Crippen molar-refractivity contribution in [2.45, 2.75) is 288 Å². The number of hydrogen-bond acceptors (Lipinski definition) is 11. The highest BCUT2D eigenvalue weighted by atomic mass is 32.3. The minimum absolute atomic E-state index is 0.230. The zero-order valence-electron chi connectivity index (χ0n) is 42.8. The normalized spacial score (nSPS) is 20.5. The number of hydrogen-bond donors (Lipinski definition) is 7. The Kier molecular flexibility index (Phi) is 41.6. The van der Waals surface area contributed by atoms with Crippen molar-refractivity contribution >= 4 is 16.3 Å². The van der Waals surface area contributed by atoms with Gasteiger partial charge in [-0.2, -0.15) is 8.42 Å². The van der Waals surface area contributed by atoms with E-state index in [2.05, 4.69) is 47.7 Å². The third-order valence-corrected chi connectivity index (χ3v) is 13.5. The molecule has 8 unspecified atom stereocenters. The van der Waals surface area contributed by atoms with Crippen molar-refractivity contribution < 1.29 is 57.0 Å². The van der Waals surface area contributed by atoms with Crippen molar-refractivity contribution in [3.05, 3.63) is 36.5 Å². The van der Waals surface area contributed by atoms with E-state index in [4.69, 9.17) is 9.47 Å². The Hall–Kier alpha value is -1.72. The van der Waals surface area contributed by atoms with Gasteiger partial charge in [-0.15, -0.1) is 0 Å². The monoisotopic (exact) mass is 988 g/mol. The van der Waals surface area contributed by atoms with E-state index >= 15 is 0 Å². The molecule has 0 aromatic carbocycles. The summed E-state index contributed by atoms with van der Waals surface area (Å²) in [6.07, 6.45) is 42.2. The molecule has 0 spiro atoms. The zero-order chi connectivity index (χ0) is 49.9. The van der Waals surface area contributed by atoms with Crippen LogP contribution in [0.5, 0.6) is 0 Å². The molecule has 7 N–H and O–H groups in total. The van der Waals surface area contributed by atoms with Crippen LogP contribution in [0.1, 0.15) is 239 Å². The summed E-state index contributed by atoms with van der Waals surface area (Å²) in [6.45, 7) is 3.23. The second-order valence-electron chi connectivity index (χ2n) is 19.3. The minimum Gasteiger partial charge on any atom is -0.394 e. The standard InChI is InChI=1S/C54H101NO12S/c1-3-5-7-9-11-13-15-17-19-21-23-25-27-29-31-33-35-37-39-41-43-48(58)53(61)55-46(45-65-54-51(60)52(67-68(62,63)64)50(59)49(44-56)66-54)47(57)42-40-38-36-34-32-30-28-26-24-22-20-18-16-14-12-10-8-6-4-2/h25,27,32,34,40,42,46-52,54,56-60H,3-24,26,28-31,33,35-39,41,43-45H2,1-2H3,(H,55,61)(H,62,63,64)/b27-25-,34-32+,42-40+. The molecule has 400 valence electrons. The molecule has 13 nitrogen and oxygen atoms in total. The predicted octanol–water partition coefficient (Wildman–Crippen LogP) is 11.2. The van der Waals surface area contributed by atoms with E-state index in [0.717, 1.165) is 64.2 Å². The maximum absolute atomic E-state index is 13.2. The van der Waals surface area contributed by atoms with Gasteiger partial charge in [0.2, 0.25) is 5.91 Å². The predicted molar refractivity (Wildman–Crippen MR) is 274 cm³/mol. The lowest BCUT2D eigenvalue weighted by atomic mass is 9.99. The van der Waals surface area contributed by atoms with Gasteiger partial charge in [0.15, 0.2) is 6.29 Å². The number of unbranched alkanes of at least 4 members (excludes halogenated alkanes) is 30. The fourth-order valence-corrected chi connectivity index (χ4v) is 9.16. The van der Waals surface area contributed by atoms with Crippen LogP contribution in [0.2, 0.25) is 0 Å². The average Bonchev–Trinajstić information content (AvgIpc) is 3.31. The molecule has 0 bridgehead atoms. The molecular weight excluding hydrogens is 887 g/mol. The van der Waals surface area contributed by atoms with Gasteiger partial charge in [0.1, 0.15) is 30.5 Å². The lowest BCUT2D eigenvalue weighted by Gasteiger charge is -2.41. The Morgan fingerprint density at radius 1 is 0.588 bits per heavy atom. The third-order valence-electron chi connectivity index (χ3n) is 13.0. The SMILES string of the molecule is CCCCCCCCCCCC/C=C\CCCCCCCCC(O)C(=O)NC(COC1OC(CO)C(O)C(OS(=O)(=O)O)C1O)C(O)/C=C/CC/C=C/CCCCCCCCCCCCCCC. The van der Waals surface area contributed by atoms with Crippen LogP contribution in [0.4, 0.5) is 0 Å². The second-order valence-corrected chi connectivity index (χ2v) is 20.3. The van der Waals surface area contributed by atoms with Crippen LogP contribution in [-0.4, -0.2) is 107 Å². The van der Waals surface area contributed by atoms with Gasteiger partial charge in [0, 0.05) is 0 Å². The number of amides is 1. The quantitative estimate of drug-likeness (QED) is 0.0172. The molecule has 8 atom stereocenters. The van der Waals surface area contributed by atoms with Crippen LogP contribution < -0.4 is 5.32 Å². The number of aliphatic hydroxyl groups excluding tert-OH is 5. The number of carbonyl (C=O) groups is 1. The summed E-state index contributed by atoms with van der Waals surface area (Å²) in [5.41, 5.74) is 0. The van der Waals surface area contributed by atoms with Gasteiger partial charge in [-0.3, -0.25) is 9.35 Å². The van der Waals surface area contributed by atoms with E-state index in [0.29, 0.717) is 12.8 Å². The molecule has 0 aromatic heterocycles. The third kappa shape index (κ3) is 35.4. The number of aliphatic hydroxyl groups is 5. The van der Waals surface area contributed by atoms with Gasteiger partial charge in [-0.1, -0.05) is 217 Å². The smallest absolute Gasteiger partial charge is 0.394 e. The van der Waals surface area contributed by atoms with Gasteiger partial charge in [0.05, 0.1) is 25.4 Å². The Labute approximate surface area is 414 Å². The molecule has 1 aliphatic heterocycles. The van der Waals surface area contributed by atoms with E-state index < -0.39 is 78.5 Å². The number of nitrogens with one attached hydrogen (secondary N) is 1. The van der Waals surface area contributed by atoms with Gasteiger partial charge in [-0.05, 0) is 57.8 Å². The van der Waals surface area contributed by atoms with Crippen molar-refractivity contribution in [1.29, 1.82) is 0 Å². The maximum atomic E-state index is 13.2. The first kappa shape index (κ1) is 64.3. The van der Waals surface area contributed by atoms with Crippen LogP contribution in [0.15, 0.2) is 36.5 Å². The first-order valence-corrected chi connectivity index (χ1v) is 28.8. The summed E-state index contributed by atoms with van der Waals surface area (Å²) in [5, 5.41) is 55.4. The fraction of sp³-hybridized carbons (Fsp3) is 0.870. The first-order valence-electron chi connectivity index (χ1n) is 27.5. The van der Waals surface area contributed by atoms with E-state index in [9.17, 15) is 43.3 Å². The van der Waals surface area contributed by atoms with Gasteiger partial charge >= 0.3 is 10.4 Å². The second kappa shape index (κ2) is 44.0. The molecule has 1 fully saturated rings. The first-order chi connectivity index (χ1) is 32.9. The average molecular weight is 988 g/mol. The van der Waals surface area contributed by atoms with Crippen LogP contribution in [-0.2, 0) is 28.9 Å². The topological polar surface area (TPSA) is 212 Å². The van der Waals surface area contributed by atoms with Gasteiger partial charge in [-0.25, -0.2) is 4.18 Å². The molecule has 0 aliphatic carbocycles. The molecule has 0 aromatic rings. The van der Waals surface area contributed by atoms with Crippen LogP contribution in [0.25, 0.3) is 0 Å². The Bertz CT molecular complexity index is 1360. The lowest BCUT2D eigenvalue weighted by Crippen LogP contribution is -2.61. The van der Waals surface area contributed by atoms with Crippen molar-refractivity contribution in [3.8, 4) is 0 Å². The van der Waals surface area contributed by atoms with Crippen molar-refractivity contribution in [2.24, 2.45) is 0 Å². The summed E-state index contributed by atoms with van der Waals surface area (Å²) in [6, 6.07) is -1.14. The summed E-state index contributed by atoms with van der Waals surface area (Å²) in [7, 11) is -5.13. The lowest BCUT2D eigenvalue weighted by molar-refractivity contribution is -0.298. The molecule has 0 radical (unpaired) electrons. The highest BCUT2D eigenvalue weighted by molar-refractivity contribution is 7.80. The van der Waals surface area contributed by atoms with Crippen LogP contribution in [0.3, 0.4) is 0 Å². The minimum atomic E-state index is -5.13. The highest BCUT2D eigenvalue weighted by Gasteiger charge is 2.48. The Balaban J connectivity index is 2.50. The van der Waals surface area contributed by atoms with Gasteiger partial charge in [0.25, 0.3) is 0 Å². The van der Waals surface area contributed by atoms with Crippen LogP contribution in [0, 0.1) is 0 Å². The molecule has 1 amide bonds. The van der Waals surface area contributed by atoms with E-state index in [1.807, 2.05) is 0 Å². The zero-order valence-corrected chi connectivity index (χ0v) is 43.6. The number of allylic oxidation sites excluding steroid dienone is 5.